The van der Waals surface area contributed by atoms with E-state index < -0.39 is 11.6 Å². The molecular weight excluding hydrogens is 246 g/mol. The number of benzene rings is 1. The molecule has 1 aromatic rings. The van der Waals surface area contributed by atoms with Gasteiger partial charge in [0.05, 0.1) is 10.7 Å². The summed E-state index contributed by atoms with van der Waals surface area (Å²) in [5.74, 6) is -1.27. The Balaban J connectivity index is 2.34. The Kier molecular flexibility index (Phi) is 3.54. The molecule has 1 heterocycles. The minimum absolute atomic E-state index is 0.108. The molecule has 1 aromatic carbocycles. The summed E-state index contributed by atoms with van der Waals surface area (Å²) in [6, 6.07) is 2.25. The van der Waals surface area contributed by atoms with Crippen LogP contribution in [0.1, 0.15) is 19.8 Å². The van der Waals surface area contributed by atoms with Crippen molar-refractivity contribution in [2.45, 2.75) is 31.8 Å². The zero-order valence-corrected chi connectivity index (χ0v) is 10.3. The third-order valence-electron chi connectivity index (χ3n) is 3.19. The molecule has 0 spiro atoms. The van der Waals surface area contributed by atoms with Crippen molar-refractivity contribution in [2.75, 3.05) is 11.4 Å². The summed E-state index contributed by atoms with van der Waals surface area (Å²) in [5, 5.41) is 0.116. The summed E-state index contributed by atoms with van der Waals surface area (Å²) in [4.78, 5) is 1.86. The number of anilines is 1. The van der Waals surface area contributed by atoms with E-state index in [1.54, 1.807) is 0 Å². The first-order chi connectivity index (χ1) is 7.99. The van der Waals surface area contributed by atoms with Crippen LogP contribution in [0.25, 0.3) is 0 Å². The number of piperidine rings is 1. The summed E-state index contributed by atoms with van der Waals surface area (Å²) in [7, 11) is 0. The van der Waals surface area contributed by atoms with Crippen molar-refractivity contribution in [1.82, 2.24) is 0 Å². The highest BCUT2D eigenvalue weighted by Crippen LogP contribution is 2.34. The molecule has 2 atom stereocenters. The van der Waals surface area contributed by atoms with Gasteiger partial charge in [0.2, 0.25) is 0 Å². The van der Waals surface area contributed by atoms with E-state index in [1.165, 1.54) is 0 Å². The molecule has 17 heavy (non-hydrogen) atoms. The Bertz CT molecular complexity index is 402. The first-order valence-corrected chi connectivity index (χ1v) is 6.03. The van der Waals surface area contributed by atoms with Crippen LogP contribution in [0.4, 0.5) is 14.5 Å². The molecule has 0 bridgehead atoms. The van der Waals surface area contributed by atoms with E-state index in [2.05, 4.69) is 0 Å². The molecule has 1 aliphatic rings. The van der Waals surface area contributed by atoms with Gasteiger partial charge in [-0.1, -0.05) is 11.6 Å². The van der Waals surface area contributed by atoms with Gasteiger partial charge < -0.3 is 10.6 Å². The van der Waals surface area contributed by atoms with Gasteiger partial charge in [-0.2, -0.15) is 0 Å². The minimum Gasteiger partial charge on any atom is -0.365 e. The molecule has 0 aliphatic carbocycles. The lowest BCUT2D eigenvalue weighted by Crippen LogP contribution is -2.46. The van der Waals surface area contributed by atoms with Crippen molar-refractivity contribution in [3.8, 4) is 0 Å². The lowest BCUT2D eigenvalue weighted by atomic mass is 9.98. The number of nitrogens with two attached hydrogens (primary N) is 1. The summed E-state index contributed by atoms with van der Waals surface area (Å²) in [6.07, 6.45) is 1.57. The fourth-order valence-corrected chi connectivity index (χ4v) is 2.65. The predicted octanol–water partition coefficient (Wildman–Crippen LogP) is 2.93. The first-order valence-electron chi connectivity index (χ1n) is 5.66. The Morgan fingerprint density at radius 2 is 2.12 bits per heavy atom. The Morgan fingerprint density at radius 3 is 2.71 bits per heavy atom. The molecule has 1 saturated heterocycles. The molecule has 0 saturated carbocycles. The summed E-state index contributed by atoms with van der Waals surface area (Å²) in [5.41, 5.74) is 6.14. The lowest BCUT2D eigenvalue weighted by molar-refractivity contribution is 0.424. The maximum absolute atomic E-state index is 13.8. The van der Waals surface area contributed by atoms with Gasteiger partial charge in [0.15, 0.2) is 5.82 Å². The molecule has 1 aliphatic heterocycles. The number of hydrogen-bond donors (Lipinski definition) is 1. The van der Waals surface area contributed by atoms with E-state index in [1.807, 2.05) is 11.8 Å². The van der Waals surface area contributed by atoms with Crippen molar-refractivity contribution in [2.24, 2.45) is 5.73 Å². The zero-order valence-electron chi connectivity index (χ0n) is 9.59. The molecule has 0 amide bonds. The number of hydrogen-bond acceptors (Lipinski definition) is 2. The van der Waals surface area contributed by atoms with Gasteiger partial charge in [0.1, 0.15) is 5.82 Å². The quantitative estimate of drug-likeness (QED) is 0.841. The highest BCUT2D eigenvalue weighted by molar-refractivity contribution is 6.33. The van der Waals surface area contributed by atoms with Gasteiger partial charge in [-0.15, -0.1) is 0 Å². The fourth-order valence-electron chi connectivity index (χ4n) is 2.35. The van der Waals surface area contributed by atoms with Gasteiger partial charge in [-0.25, -0.2) is 8.78 Å². The summed E-state index contributed by atoms with van der Waals surface area (Å²) < 4.78 is 26.7. The van der Waals surface area contributed by atoms with E-state index >= 15 is 0 Å². The normalized spacial score (nSPS) is 25.1. The zero-order chi connectivity index (χ0) is 12.6. The van der Waals surface area contributed by atoms with Crippen molar-refractivity contribution >= 4 is 17.3 Å². The summed E-state index contributed by atoms with van der Waals surface area (Å²) in [6.45, 7) is 2.61. The van der Waals surface area contributed by atoms with Crippen molar-refractivity contribution < 1.29 is 8.78 Å². The molecule has 2 nitrogen and oxygen atoms in total. The van der Waals surface area contributed by atoms with E-state index in [0.717, 1.165) is 25.0 Å². The maximum atomic E-state index is 13.8. The van der Waals surface area contributed by atoms with Gasteiger partial charge in [-0.05, 0) is 25.8 Å². The molecule has 2 rings (SSSR count). The van der Waals surface area contributed by atoms with Gasteiger partial charge in [0, 0.05) is 24.7 Å². The van der Waals surface area contributed by atoms with E-state index in [-0.39, 0.29) is 22.8 Å². The van der Waals surface area contributed by atoms with Crippen LogP contribution in [0.15, 0.2) is 12.1 Å². The highest BCUT2D eigenvalue weighted by Gasteiger charge is 2.27. The third kappa shape index (κ3) is 2.53. The monoisotopic (exact) mass is 260 g/mol. The van der Waals surface area contributed by atoms with Crippen LogP contribution < -0.4 is 10.6 Å². The predicted molar refractivity (Wildman–Crippen MR) is 65.4 cm³/mol. The fraction of sp³-hybridized carbons (Fsp3) is 0.500. The van der Waals surface area contributed by atoms with Gasteiger partial charge in [-0.3, -0.25) is 0 Å². The van der Waals surface area contributed by atoms with E-state index in [4.69, 9.17) is 17.3 Å². The first kappa shape index (κ1) is 12.6. The molecule has 94 valence electrons. The standard InChI is InChI=1S/C12H15ClF2N2/c1-7-4-9(16)2-3-17(7)12-10(13)5-8(14)6-11(12)15/h5-7,9H,2-4,16H2,1H3. The topological polar surface area (TPSA) is 29.3 Å². The number of halogens is 3. The second-order valence-electron chi connectivity index (χ2n) is 4.54. The van der Waals surface area contributed by atoms with E-state index in [9.17, 15) is 8.78 Å². The smallest absolute Gasteiger partial charge is 0.150 e. The van der Waals surface area contributed by atoms with Crippen LogP contribution in [-0.2, 0) is 0 Å². The van der Waals surface area contributed by atoms with Gasteiger partial charge >= 0.3 is 0 Å². The average molecular weight is 261 g/mol. The largest absolute Gasteiger partial charge is 0.365 e. The third-order valence-corrected chi connectivity index (χ3v) is 3.47. The van der Waals surface area contributed by atoms with Crippen LogP contribution in [0.5, 0.6) is 0 Å². The second-order valence-corrected chi connectivity index (χ2v) is 4.95. The molecule has 0 radical (unpaired) electrons. The van der Waals surface area contributed by atoms with Crippen molar-refractivity contribution in [3.63, 3.8) is 0 Å². The SMILES string of the molecule is CC1CC(N)CCN1c1c(F)cc(F)cc1Cl. The Hall–Kier alpha value is -0.870. The molecular formula is C12H15ClF2N2. The highest BCUT2D eigenvalue weighted by atomic mass is 35.5. The number of nitrogens with zero attached hydrogens (tertiary/aromatic N) is 1. The van der Waals surface area contributed by atoms with Crippen LogP contribution in [0, 0.1) is 11.6 Å². The van der Waals surface area contributed by atoms with E-state index in [0.29, 0.717) is 6.54 Å². The van der Waals surface area contributed by atoms with Crippen LogP contribution in [0.2, 0.25) is 5.02 Å². The molecule has 1 fully saturated rings. The lowest BCUT2D eigenvalue weighted by Gasteiger charge is -2.38. The van der Waals surface area contributed by atoms with Crippen LogP contribution in [0.3, 0.4) is 0 Å². The van der Waals surface area contributed by atoms with Gasteiger partial charge in [0.25, 0.3) is 0 Å². The van der Waals surface area contributed by atoms with Crippen LogP contribution in [-0.4, -0.2) is 18.6 Å². The second kappa shape index (κ2) is 4.78. The molecule has 5 heteroatoms. The minimum atomic E-state index is -0.655. The van der Waals surface area contributed by atoms with Crippen molar-refractivity contribution in [3.05, 3.63) is 28.8 Å². The average Bonchev–Trinajstić information content (AvgIpc) is 2.19. The van der Waals surface area contributed by atoms with Crippen LogP contribution >= 0.6 is 11.6 Å². The Labute approximate surface area is 104 Å². The molecule has 2 unspecified atom stereocenters. The maximum Gasteiger partial charge on any atom is 0.150 e. The molecule has 2 N–H and O–H groups in total. The van der Waals surface area contributed by atoms with Crippen molar-refractivity contribution in [1.29, 1.82) is 0 Å². The summed E-state index contributed by atoms with van der Waals surface area (Å²) >= 11 is 5.92. The Morgan fingerprint density at radius 1 is 1.41 bits per heavy atom. The number of rotatable bonds is 1. The molecule has 0 aromatic heterocycles.